The molecule has 1 aliphatic rings. The normalized spacial score (nSPS) is 15.0. The van der Waals surface area contributed by atoms with E-state index in [2.05, 4.69) is 25.3 Å². The molecule has 4 aromatic heterocycles. The van der Waals surface area contributed by atoms with Crippen LogP contribution in [-0.2, 0) is 0 Å². The fourth-order valence-corrected chi connectivity index (χ4v) is 4.35. The van der Waals surface area contributed by atoms with E-state index in [0.717, 1.165) is 77.4 Å². The Bertz CT molecular complexity index is 1480. The van der Waals surface area contributed by atoms with Crippen LogP contribution in [0.15, 0.2) is 73.4 Å². The molecule has 34 heavy (non-hydrogen) atoms. The van der Waals surface area contributed by atoms with Crippen LogP contribution < -0.4 is 10.1 Å². The number of pyridine rings is 2. The van der Waals surface area contributed by atoms with Crippen LogP contribution in [0, 0.1) is 0 Å². The zero-order chi connectivity index (χ0) is 23.6. The van der Waals surface area contributed by atoms with Gasteiger partial charge in [-0.2, -0.15) is 5.10 Å². The van der Waals surface area contributed by atoms with Gasteiger partial charge in [0.2, 0.25) is 0 Å². The minimum atomic E-state index is 0.251. The number of piperazine rings is 1. The third kappa shape index (κ3) is 4.09. The number of rotatable bonds is 6. The lowest BCUT2D eigenvalue weighted by atomic mass is 10.0. The number of nitrogens with zero attached hydrogens (tertiary/aromatic N) is 6. The van der Waals surface area contributed by atoms with E-state index in [0.29, 0.717) is 6.61 Å². The van der Waals surface area contributed by atoms with Crippen LogP contribution in [0.5, 0.6) is 5.75 Å². The Morgan fingerprint density at radius 3 is 2.76 bits per heavy atom. The summed E-state index contributed by atoms with van der Waals surface area (Å²) < 4.78 is 15.5. The molecule has 8 heteroatoms. The molecule has 1 N–H and O–H groups in total. The molecule has 5 aromatic rings. The van der Waals surface area contributed by atoms with Gasteiger partial charge < -0.3 is 10.1 Å². The van der Waals surface area contributed by atoms with Gasteiger partial charge >= 0.3 is 0 Å². The topological polar surface area (TPSA) is 80.5 Å². The lowest BCUT2D eigenvalue weighted by Crippen LogP contribution is -2.44. The first-order chi connectivity index (χ1) is 17.2. The summed E-state index contributed by atoms with van der Waals surface area (Å²) in [4.78, 5) is 16.0. The number of ether oxygens (including phenoxy) is 1. The Morgan fingerprint density at radius 2 is 1.88 bits per heavy atom. The average molecular weight is 453 g/mol. The summed E-state index contributed by atoms with van der Waals surface area (Å²) in [6, 6.07) is 13.4. The highest BCUT2D eigenvalue weighted by Gasteiger charge is 2.13. The number of aromatic nitrogens is 5. The number of fused-ring (bicyclic) bond motifs is 2. The molecule has 8 nitrogen and oxygen atoms in total. The molecule has 0 saturated carbocycles. The van der Waals surface area contributed by atoms with Crippen LogP contribution in [0.3, 0.4) is 0 Å². The van der Waals surface area contributed by atoms with Gasteiger partial charge in [0.1, 0.15) is 12.4 Å². The molecule has 6 rings (SSSR count). The van der Waals surface area contributed by atoms with E-state index in [9.17, 15) is 0 Å². The van der Waals surface area contributed by atoms with E-state index in [4.69, 9.17) is 11.1 Å². The molecule has 0 bridgehead atoms. The Kier molecular flexibility index (Phi) is 5.28. The van der Waals surface area contributed by atoms with Gasteiger partial charge in [-0.25, -0.2) is 9.50 Å². The van der Waals surface area contributed by atoms with Crippen molar-refractivity contribution in [2.75, 3.05) is 39.3 Å². The minimum absolute atomic E-state index is 0.251. The second kappa shape index (κ2) is 9.17. The zero-order valence-corrected chi connectivity index (χ0v) is 18.7. The van der Waals surface area contributed by atoms with Crippen molar-refractivity contribution in [3.05, 3.63) is 73.4 Å². The number of hydrogen-bond donors (Lipinski definition) is 1. The summed E-state index contributed by atoms with van der Waals surface area (Å²) in [6.45, 7) is 5.78. The largest absolute Gasteiger partial charge is 0.491 e. The molecule has 1 aromatic carbocycles. The standard InChI is InChI=1S/C26H25N7O/c1-3-21(22-4-2-8-28-25(22)5-1)23-17-31-33-18-19(15-30-26(23)33)24-7-6-20(16-29-24)34-14-13-32-11-9-27-10-12-32/h1-8,15-18,27H,9-14H2/i8D. The van der Waals surface area contributed by atoms with E-state index in [1.54, 1.807) is 16.8 Å². The van der Waals surface area contributed by atoms with Crippen molar-refractivity contribution in [3.63, 3.8) is 0 Å². The second-order valence-electron chi connectivity index (χ2n) is 8.30. The van der Waals surface area contributed by atoms with Crippen LogP contribution in [0.4, 0.5) is 0 Å². The third-order valence-corrected chi connectivity index (χ3v) is 6.16. The first-order valence-electron chi connectivity index (χ1n) is 12.0. The van der Waals surface area contributed by atoms with Gasteiger partial charge in [-0.3, -0.25) is 14.9 Å². The Morgan fingerprint density at radius 1 is 0.941 bits per heavy atom. The van der Waals surface area contributed by atoms with Crippen molar-refractivity contribution in [2.24, 2.45) is 0 Å². The van der Waals surface area contributed by atoms with Gasteiger partial charge in [0.25, 0.3) is 0 Å². The van der Waals surface area contributed by atoms with Gasteiger partial charge in [-0.15, -0.1) is 0 Å². The zero-order valence-electron chi connectivity index (χ0n) is 19.7. The monoisotopic (exact) mass is 452 g/mol. The molecule has 0 atom stereocenters. The molecule has 0 unspecified atom stereocenters. The highest BCUT2D eigenvalue weighted by molar-refractivity contribution is 5.97. The maximum absolute atomic E-state index is 7.79. The van der Waals surface area contributed by atoms with E-state index in [-0.39, 0.29) is 6.17 Å². The summed E-state index contributed by atoms with van der Waals surface area (Å²) in [6.07, 6.45) is 7.58. The Hall–Kier alpha value is -3.88. The summed E-state index contributed by atoms with van der Waals surface area (Å²) in [5.41, 5.74) is 5.13. The number of nitrogens with one attached hydrogen (secondary N) is 1. The van der Waals surface area contributed by atoms with Crippen LogP contribution in [0.25, 0.3) is 38.9 Å². The van der Waals surface area contributed by atoms with Crippen molar-refractivity contribution < 1.29 is 6.11 Å². The Labute approximate surface area is 198 Å². The third-order valence-electron chi connectivity index (χ3n) is 6.16. The first kappa shape index (κ1) is 19.6. The van der Waals surface area contributed by atoms with Gasteiger partial charge in [-0.1, -0.05) is 18.2 Å². The van der Waals surface area contributed by atoms with E-state index in [1.807, 2.05) is 55.0 Å². The fourth-order valence-electron chi connectivity index (χ4n) is 4.35. The van der Waals surface area contributed by atoms with E-state index in [1.165, 1.54) is 0 Å². The van der Waals surface area contributed by atoms with Crippen LogP contribution >= 0.6 is 0 Å². The van der Waals surface area contributed by atoms with Crippen molar-refractivity contribution >= 4 is 16.6 Å². The van der Waals surface area contributed by atoms with Crippen molar-refractivity contribution in [2.45, 2.75) is 0 Å². The quantitative estimate of drug-likeness (QED) is 0.423. The van der Waals surface area contributed by atoms with Crippen LogP contribution in [0.1, 0.15) is 1.37 Å². The molecule has 1 aliphatic heterocycles. The highest BCUT2D eigenvalue weighted by Crippen LogP contribution is 2.30. The smallest absolute Gasteiger partial charge is 0.162 e. The molecule has 0 aliphatic carbocycles. The van der Waals surface area contributed by atoms with Crippen molar-refractivity contribution in [1.29, 1.82) is 0 Å². The van der Waals surface area contributed by atoms with Crippen LogP contribution in [-0.4, -0.2) is 68.8 Å². The van der Waals surface area contributed by atoms with Gasteiger partial charge in [-0.05, 0) is 29.8 Å². The predicted molar refractivity (Wildman–Crippen MR) is 132 cm³/mol. The lowest BCUT2D eigenvalue weighted by molar-refractivity contribution is 0.191. The van der Waals surface area contributed by atoms with Crippen molar-refractivity contribution in [3.8, 4) is 28.1 Å². The van der Waals surface area contributed by atoms with Gasteiger partial charge in [0.05, 0.1) is 25.0 Å². The first-order valence-corrected chi connectivity index (χ1v) is 11.5. The second-order valence-corrected chi connectivity index (χ2v) is 8.30. The molecule has 0 radical (unpaired) electrons. The summed E-state index contributed by atoms with van der Waals surface area (Å²) >= 11 is 0. The fraction of sp³-hybridized carbons (Fsp3) is 0.231. The molecule has 1 fully saturated rings. The molecular formula is C26H25N7O. The molecule has 0 amide bonds. The average Bonchev–Trinajstić information content (AvgIpc) is 3.32. The maximum atomic E-state index is 7.79. The van der Waals surface area contributed by atoms with E-state index >= 15 is 0 Å². The summed E-state index contributed by atoms with van der Waals surface area (Å²) in [5, 5.41) is 8.88. The van der Waals surface area contributed by atoms with Crippen LogP contribution in [0.2, 0.25) is 0 Å². The number of benzene rings is 1. The van der Waals surface area contributed by atoms with Gasteiger partial charge in [0.15, 0.2) is 5.65 Å². The summed E-state index contributed by atoms with van der Waals surface area (Å²) in [5.74, 6) is 0.764. The number of hydrogen-bond acceptors (Lipinski definition) is 7. The van der Waals surface area contributed by atoms with Gasteiger partial charge in [0, 0.05) is 67.8 Å². The van der Waals surface area contributed by atoms with E-state index < -0.39 is 0 Å². The highest BCUT2D eigenvalue weighted by atomic mass is 16.5. The summed E-state index contributed by atoms with van der Waals surface area (Å²) in [7, 11) is 0. The molecule has 1 saturated heterocycles. The molecule has 5 heterocycles. The minimum Gasteiger partial charge on any atom is -0.491 e. The molecule has 0 spiro atoms. The molecule has 170 valence electrons. The molecular weight excluding hydrogens is 426 g/mol. The lowest BCUT2D eigenvalue weighted by Gasteiger charge is -2.26. The predicted octanol–water partition coefficient (Wildman–Crippen LogP) is 3.29. The SMILES string of the molecule is [2H]c1ccc2c(-c3cnn4cc(-c5ccc(OCCN6CCNCC6)cn5)cnc34)cccc2n1. The Balaban J connectivity index is 1.21. The maximum Gasteiger partial charge on any atom is 0.162 e. The van der Waals surface area contributed by atoms with Crippen molar-refractivity contribution in [1.82, 2.24) is 34.8 Å².